The van der Waals surface area contributed by atoms with E-state index in [0.717, 1.165) is 8.05 Å². The predicted molar refractivity (Wildman–Crippen MR) is 30.2 cm³/mol. The molecule has 0 fully saturated rings. The first-order chi connectivity index (χ1) is 2.41. The Morgan fingerprint density at radius 2 is 1.40 bits per heavy atom. The Morgan fingerprint density at radius 1 is 1.40 bits per heavy atom. The van der Waals surface area contributed by atoms with Crippen LogP contribution in [0.25, 0.3) is 0 Å². The van der Waals surface area contributed by atoms with Gasteiger partial charge in [-0.1, -0.05) is 0 Å². The molecule has 0 rings (SSSR count). The maximum Gasteiger partial charge on any atom is 0.252 e. The van der Waals surface area contributed by atoms with Crippen LogP contribution in [0, 0.1) is 0 Å². The van der Waals surface area contributed by atoms with Gasteiger partial charge in [-0.25, -0.2) is 0 Å². The third-order valence-electron chi connectivity index (χ3n) is 0. The van der Waals surface area contributed by atoms with Gasteiger partial charge >= 0.3 is 0 Å². The van der Waals surface area contributed by atoms with E-state index < -0.39 is 0 Å². The molecule has 0 saturated carbocycles. The Morgan fingerprint density at radius 3 is 1.40 bits per heavy atom. The minimum atomic E-state index is 1.00. The van der Waals surface area contributed by atoms with Gasteiger partial charge in [-0.05, 0) is 12.5 Å². The minimum Gasteiger partial charge on any atom is -0.458 e. The first-order valence-electron chi connectivity index (χ1n) is 1.26. The lowest BCUT2D eigenvalue weighted by molar-refractivity contribution is 0.629. The van der Waals surface area contributed by atoms with Crippen LogP contribution in [0.15, 0.2) is 0 Å². The summed E-state index contributed by atoms with van der Waals surface area (Å²) in [6, 6.07) is 0. The van der Waals surface area contributed by atoms with Crippen molar-refractivity contribution in [1.82, 2.24) is 0 Å². The summed E-state index contributed by atoms with van der Waals surface area (Å²) in [5, 5.41) is 7.00. The Kier molecular flexibility index (Phi) is 47.6. The largest absolute Gasteiger partial charge is 0.458 e. The molecule has 0 bridgehead atoms. The highest BCUT2D eigenvalue weighted by atomic mass is 32.2. The second-order valence-electron chi connectivity index (χ2n) is 0.408. The van der Waals surface area contributed by atoms with E-state index in [4.69, 9.17) is 5.02 Å². The monoisotopic (exact) mass is 92.0 g/mol. The number of hydrogen-bond acceptors (Lipinski definition) is 2. The van der Waals surface area contributed by atoms with Gasteiger partial charge in [0.1, 0.15) is 0 Å². The quantitative estimate of drug-likeness (QED) is 0.406. The first kappa shape index (κ1) is 9.03. The van der Waals surface area contributed by atoms with Crippen molar-refractivity contribution in [3.05, 3.63) is 0 Å². The van der Waals surface area contributed by atoms with Crippen LogP contribution in [-0.4, -0.2) is 25.6 Å². The Balaban J connectivity index is 0. The average Bonchev–Trinajstić information content (AvgIpc) is 1.46. The van der Waals surface area contributed by atoms with Crippen LogP contribution in [0.3, 0.4) is 0 Å². The normalized spacial score (nSPS) is 4.60. The third-order valence-corrected chi connectivity index (χ3v) is 0. The lowest BCUT2D eigenvalue weighted by atomic mass is 10.6. The molecule has 0 aromatic rings. The van der Waals surface area contributed by atoms with Crippen molar-refractivity contribution in [1.29, 1.82) is 0 Å². The molecule has 0 radical (unpaired) electrons. The predicted octanol–water partition coefficient (Wildman–Crippen LogP) is -0.494. The van der Waals surface area contributed by atoms with Gasteiger partial charge in [-0.3, -0.25) is 0 Å². The molecule has 3 heteroatoms. The summed E-state index contributed by atoms with van der Waals surface area (Å²) in [5.74, 6) is 0. The van der Waals surface area contributed by atoms with E-state index in [0.29, 0.717) is 0 Å². The molecule has 0 saturated heterocycles. The number of hydrogen-bond donors (Lipinski definition) is 1. The Labute approximate surface area is 38.2 Å². The Hall–Kier alpha value is 0.375. The van der Waals surface area contributed by atoms with E-state index >= 15 is 0 Å². The van der Waals surface area contributed by atoms with Crippen molar-refractivity contribution >= 4 is 19.8 Å². The second kappa shape index (κ2) is 26.4. The van der Waals surface area contributed by atoms with Crippen molar-refractivity contribution in [2.45, 2.75) is 0 Å². The summed E-state index contributed by atoms with van der Waals surface area (Å²) < 4.78 is 0. The zero-order chi connectivity index (χ0) is 4.71. The third kappa shape index (κ3) is 176. The van der Waals surface area contributed by atoms with Gasteiger partial charge in [-0.2, -0.15) is 11.8 Å². The Bertz CT molecular complexity index is 9.61. The topological polar surface area (TPSA) is 20.2 Å². The van der Waals surface area contributed by atoms with Crippen molar-refractivity contribution in [3.8, 4) is 0 Å². The molecule has 0 amide bonds. The molecule has 0 aromatic carbocycles. The van der Waals surface area contributed by atoms with Crippen LogP contribution in [0.5, 0.6) is 0 Å². The molecule has 0 spiro atoms. The van der Waals surface area contributed by atoms with E-state index in [1.165, 1.54) is 0 Å². The molecule has 0 heterocycles. The molecule has 1 nitrogen and oxygen atoms in total. The molecule has 0 unspecified atom stereocenters. The average molecular weight is 92.0 g/mol. The standard InChI is InChI=1S/C2H6S.BH3O/c1-3-2;1-2/h1-2H3;2H,1H2. The van der Waals surface area contributed by atoms with Gasteiger partial charge in [0.2, 0.25) is 0 Å². The fourth-order valence-corrected chi connectivity index (χ4v) is 0. The van der Waals surface area contributed by atoms with Crippen molar-refractivity contribution in [2.75, 3.05) is 12.5 Å². The second-order valence-corrected chi connectivity index (χ2v) is 1.22. The van der Waals surface area contributed by atoms with Gasteiger partial charge in [-0.15, -0.1) is 0 Å². The molecule has 0 aliphatic heterocycles. The molecule has 32 valence electrons. The maximum absolute atomic E-state index is 7.00. The van der Waals surface area contributed by atoms with Crippen molar-refractivity contribution in [2.24, 2.45) is 0 Å². The lowest BCUT2D eigenvalue weighted by Crippen LogP contribution is -1.34. The van der Waals surface area contributed by atoms with Gasteiger partial charge in [0.25, 0.3) is 8.05 Å². The smallest absolute Gasteiger partial charge is 0.252 e. The van der Waals surface area contributed by atoms with Crippen LogP contribution in [-0.2, 0) is 0 Å². The molecule has 0 aromatic heterocycles. The molecule has 1 N–H and O–H groups in total. The zero-order valence-corrected chi connectivity index (χ0v) is 4.67. The molecular weight excluding hydrogens is 82.9 g/mol. The summed E-state index contributed by atoms with van der Waals surface area (Å²) in [4.78, 5) is 0. The minimum absolute atomic E-state index is 1.00. The van der Waals surface area contributed by atoms with E-state index in [9.17, 15) is 0 Å². The van der Waals surface area contributed by atoms with E-state index in [2.05, 4.69) is 0 Å². The van der Waals surface area contributed by atoms with Crippen LogP contribution in [0.4, 0.5) is 0 Å². The van der Waals surface area contributed by atoms with E-state index in [1.807, 2.05) is 12.5 Å². The van der Waals surface area contributed by atoms with Crippen LogP contribution in [0.1, 0.15) is 0 Å². The summed E-state index contributed by atoms with van der Waals surface area (Å²) in [6.07, 6.45) is 4.08. The number of thioether (sulfide) groups is 1. The number of rotatable bonds is 0. The van der Waals surface area contributed by atoms with Crippen molar-refractivity contribution in [3.63, 3.8) is 0 Å². The van der Waals surface area contributed by atoms with E-state index in [1.54, 1.807) is 11.8 Å². The van der Waals surface area contributed by atoms with Crippen LogP contribution < -0.4 is 0 Å². The molecule has 0 aliphatic carbocycles. The van der Waals surface area contributed by atoms with Crippen LogP contribution in [0.2, 0.25) is 0 Å². The maximum atomic E-state index is 7.00. The first-order valence-corrected chi connectivity index (χ1v) is 2.90. The van der Waals surface area contributed by atoms with E-state index in [-0.39, 0.29) is 0 Å². The highest BCUT2D eigenvalue weighted by Gasteiger charge is 1.32. The van der Waals surface area contributed by atoms with Crippen molar-refractivity contribution < 1.29 is 5.02 Å². The van der Waals surface area contributed by atoms with Gasteiger partial charge in [0.15, 0.2) is 0 Å². The SMILES string of the molecule is BO.CSC. The summed E-state index contributed by atoms with van der Waals surface area (Å²) in [5.41, 5.74) is 0. The van der Waals surface area contributed by atoms with Gasteiger partial charge in [0.05, 0.1) is 0 Å². The molecular formula is C2H9BOS. The van der Waals surface area contributed by atoms with Gasteiger partial charge in [0, 0.05) is 0 Å². The molecule has 5 heavy (non-hydrogen) atoms. The molecule has 0 aliphatic rings. The fraction of sp³-hybridized carbons (Fsp3) is 1.00. The summed E-state index contributed by atoms with van der Waals surface area (Å²) in [6.45, 7) is 0. The van der Waals surface area contributed by atoms with Gasteiger partial charge < -0.3 is 5.02 Å². The fourth-order valence-electron chi connectivity index (χ4n) is 0. The lowest BCUT2D eigenvalue weighted by Gasteiger charge is -1.51. The summed E-state index contributed by atoms with van der Waals surface area (Å²) in [7, 11) is 1.00. The zero-order valence-electron chi connectivity index (χ0n) is 3.86. The highest BCUT2D eigenvalue weighted by Crippen LogP contribution is 1.70. The highest BCUT2D eigenvalue weighted by molar-refractivity contribution is 7.97. The molecule has 0 atom stereocenters. The summed E-state index contributed by atoms with van der Waals surface area (Å²) >= 11 is 1.75. The van der Waals surface area contributed by atoms with Crippen LogP contribution >= 0.6 is 11.8 Å².